The van der Waals surface area contributed by atoms with Gasteiger partial charge in [0.2, 0.25) is 5.91 Å². The first-order valence-electron chi connectivity index (χ1n) is 7.47. The second kappa shape index (κ2) is 7.25. The Morgan fingerprint density at radius 1 is 1.24 bits per heavy atom. The van der Waals surface area contributed by atoms with Gasteiger partial charge in [0.25, 0.3) is 0 Å². The standard InChI is InChI=1S/C16H22N2O2.ClH/c17-10-14-6-7-15(20-14)16(19)18-13-8-12(9-13)11-4-2-1-3-5-11;/h1-5,12-15H,6-10,17H2,(H,18,19);1H/t12?,13?,14-,15+;/m1./s1. The Hall–Kier alpha value is -1.10. The van der Waals surface area contributed by atoms with E-state index in [1.807, 2.05) is 6.07 Å². The summed E-state index contributed by atoms with van der Waals surface area (Å²) in [6.45, 7) is 0.503. The van der Waals surface area contributed by atoms with E-state index in [-0.39, 0.29) is 30.5 Å². The molecule has 1 amide bonds. The Bertz CT molecular complexity index is 463. The highest BCUT2D eigenvalue weighted by Gasteiger charge is 2.35. The van der Waals surface area contributed by atoms with Crippen LogP contribution in [0.2, 0.25) is 0 Å². The molecule has 2 aliphatic rings. The number of hydrogen-bond donors (Lipinski definition) is 2. The zero-order valence-corrected chi connectivity index (χ0v) is 12.9. The lowest BCUT2D eigenvalue weighted by Gasteiger charge is -2.36. The molecule has 1 aliphatic carbocycles. The van der Waals surface area contributed by atoms with Crippen molar-refractivity contribution >= 4 is 18.3 Å². The maximum absolute atomic E-state index is 12.1. The van der Waals surface area contributed by atoms with Crippen molar-refractivity contribution in [1.82, 2.24) is 5.32 Å². The molecule has 1 saturated carbocycles. The van der Waals surface area contributed by atoms with Crippen LogP contribution in [-0.4, -0.2) is 30.7 Å². The van der Waals surface area contributed by atoms with Crippen LogP contribution in [-0.2, 0) is 9.53 Å². The summed E-state index contributed by atoms with van der Waals surface area (Å²) in [4.78, 5) is 12.1. The van der Waals surface area contributed by atoms with E-state index in [1.165, 1.54) is 5.56 Å². The predicted molar refractivity (Wildman–Crippen MR) is 84.5 cm³/mol. The van der Waals surface area contributed by atoms with Crippen LogP contribution in [0.15, 0.2) is 30.3 Å². The molecule has 2 atom stereocenters. The molecule has 1 aromatic carbocycles. The number of carbonyl (C=O) groups excluding carboxylic acids is 1. The van der Waals surface area contributed by atoms with Gasteiger partial charge < -0.3 is 15.8 Å². The molecule has 0 spiro atoms. The van der Waals surface area contributed by atoms with Crippen molar-refractivity contribution in [3.8, 4) is 0 Å². The number of carbonyl (C=O) groups is 1. The van der Waals surface area contributed by atoms with Gasteiger partial charge in [0.15, 0.2) is 0 Å². The lowest BCUT2D eigenvalue weighted by molar-refractivity contribution is -0.133. The Labute approximate surface area is 131 Å². The first-order chi connectivity index (χ1) is 9.76. The molecule has 1 aromatic rings. The molecule has 1 aliphatic heterocycles. The Morgan fingerprint density at radius 3 is 2.57 bits per heavy atom. The minimum atomic E-state index is -0.292. The number of rotatable bonds is 4. The molecule has 0 aromatic heterocycles. The topological polar surface area (TPSA) is 64.4 Å². The van der Waals surface area contributed by atoms with Crippen LogP contribution >= 0.6 is 12.4 Å². The van der Waals surface area contributed by atoms with Crippen molar-refractivity contribution in [3.05, 3.63) is 35.9 Å². The van der Waals surface area contributed by atoms with Crippen molar-refractivity contribution in [2.75, 3.05) is 6.54 Å². The van der Waals surface area contributed by atoms with Crippen LogP contribution in [0.1, 0.15) is 37.2 Å². The molecule has 5 heteroatoms. The SMILES string of the molecule is Cl.NC[C@H]1CC[C@@H](C(=O)NC2CC(c3ccccc3)C2)O1. The third-order valence-electron chi connectivity index (χ3n) is 4.42. The molecular weight excluding hydrogens is 288 g/mol. The number of benzene rings is 1. The van der Waals surface area contributed by atoms with Crippen LogP contribution in [0.25, 0.3) is 0 Å². The molecule has 3 rings (SSSR count). The second-order valence-electron chi connectivity index (χ2n) is 5.84. The lowest BCUT2D eigenvalue weighted by Crippen LogP contribution is -2.47. The zero-order valence-electron chi connectivity index (χ0n) is 12.0. The second-order valence-corrected chi connectivity index (χ2v) is 5.84. The summed E-state index contributed by atoms with van der Waals surface area (Å²) in [5.74, 6) is 0.625. The van der Waals surface area contributed by atoms with Crippen LogP contribution in [0.3, 0.4) is 0 Å². The van der Waals surface area contributed by atoms with Gasteiger partial charge in [-0.2, -0.15) is 0 Å². The largest absolute Gasteiger partial charge is 0.364 e. The number of ether oxygens (including phenoxy) is 1. The molecule has 1 saturated heterocycles. The Balaban J connectivity index is 0.00000161. The number of nitrogens with two attached hydrogens (primary N) is 1. The molecule has 2 fully saturated rings. The molecule has 21 heavy (non-hydrogen) atoms. The molecule has 0 unspecified atom stereocenters. The van der Waals surface area contributed by atoms with Gasteiger partial charge >= 0.3 is 0 Å². The van der Waals surface area contributed by atoms with Gasteiger partial charge in [-0.25, -0.2) is 0 Å². The van der Waals surface area contributed by atoms with Crippen LogP contribution < -0.4 is 11.1 Å². The van der Waals surface area contributed by atoms with E-state index in [1.54, 1.807) is 0 Å². The van der Waals surface area contributed by atoms with Gasteiger partial charge in [0, 0.05) is 12.6 Å². The quantitative estimate of drug-likeness (QED) is 0.894. The molecular formula is C16H23ClN2O2. The van der Waals surface area contributed by atoms with E-state index in [9.17, 15) is 4.79 Å². The molecule has 3 N–H and O–H groups in total. The summed E-state index contributed by atoms with van der Waals surface area (Å²) in [6.07, 6.45) is 3.52. The minimum Gasteiger partial charge on any atom is -0.364 e. The fourth-order valence-electron chi connectivity index (χ4n) is 3.10. The maximum atomic E-state index is 12.1. The first kappa shape index (κ1) is 16.3. The van der Waals surface area contributed by atoms with Crippen molar-refractivity contribution in [3.63, 3.8) is 0 Å². The summed E-state index contributed by atoms with van der Waals surface area (Å²) >= 11 is 0. The predicted octanol–water partition coefficient (Wildman–Crippen LogP) is 1.98. The fraction of sp³-hybridized carbons (Fsp3) is 0.562. The summed E-state index contributed by atoms with van der Waals surface area (Å²) in [5.41, 5.74) is 6.93. The smallest absolute Gasteiger partial charge is 0.249 e. The van der Waals surface area contributed by atoms with Gasteiger partial charge in [-0.1, -0.05) is 30.3 Å². The Kier molecular flexibility index (Phi) is 5.62. The van der Waals surface area contributed by atoms with Crippen LogP contribution in [0.4, 0.5) is 0 Å². The van der Waals surface area contributed by atoms with Gasteiger partial charge in [-0.15, -0.1) is 12.4 Å². The molecule has 116 valence electrons. The van der Waals surface area contributed by atoms with Gasteiger partial charge in [0.05, 0.1) is 6.10 Å². The lowest BCUT2D eigenvalue weighted by atomic mass is 9.76. The van der Waals surface area contributed by atoms with E-state index in [4.69, 9.17) is 10.5 Å². The highest BCUT2D eigenvalue weighted by molar-refractivity contribution is 5.85. The van der Waals surface area contributed by atoms with E-state index < -0.39 is 0 Å². The fourth-order valence-corrected chi connectivity index (χ4v) is 3.10. The summed E-state index contributed by atoms with van der Waals surface area (Å²) < 4.78 is 5.62. The molecule has 4 nitrogen and oxygen atoms in total. The van der Waals surface area contributed by atoms with Crippen LogP contribution in [0.5, 0.6) is 0 Å². The van der Waals surface area contributed by atoms with Crippen LogP contribution in [0, 0.1) is 0 Å². The summed E-state index contributed by atoms with van der Waals surface area (Å²) in [7, 11) is 0. The minimum absolute atomic E-state index is 0. The average Bonchev–Trinajstić information content (AvgIpc) is 2.92. The first-order valence-corrected chi connectivity index (χ1v) is 7.47. The normalized spacial score (nSPS) is 31.1. The van der Waals surface area contributed by atoms with E-state index >= 15 is 0 Å². The van der Waals surface area contributed by atoms with Gasteiger partial charge in [-0.3, -0.25) is 4.79 Å². The van der Waals surface area contributed by atoms with E-state index in [2.05, 4.69) is 29.6 Å². The highest BCUT2D eigenvalue weighted by Crippen LogP contribution is 2.36. The summed E-state index contributed by atoms with van der Waals surface area (Å²) in [6, 6.07) is 10.8. The Morgan fingerprint density at radius 2 is 1.95 bits per heavy atom. The molecule has 1 heterocycles. The van der Waals surface area contributed by atoms with Crippen molar-refractivity contribution in [2.24, 2.45) is 5.73 Å². The number of nitrogens with one attached hydrogen (secondary N) is 1. The number of amides is 1. The summed E-state index contributed by atoms with van der Waals surface area (Å²) in [5, 5.41) is 3.10. The number of halogens is 1. The zero-order chi connectivity index (χ0) is 13.9. The monoisotopic (exact) mass is 310 g/mol. The molecule has 0 bridgehead atoms. The van der Waals surface area contributed by atoms with Gasteiger partial charge in [0.1, 0.15) is 6.10 Å². The third-order valence-corrected chi connectivity index (χ3v) is 4.42. The van der Waals surface area contributed by atoms with E-state index in [0.29, 0.717) is 18.5 Å². The number of hydrogen-bond acceptors (Lipinski definition) is 3. The van der Waals surface area contributed by atoms with Crippen molar-refractivity contribution in [2.45, 2.75) is 49.9 Å². The van der Waals surface area contributed by atoms with Crippen molar-refractivity contribution in [1.29, 1.82) is 0 Å². The van der Waals surface area contributed by atoms with Gasteiger partial charge in [-0.05, 0) is 37.2 Å². The third kappa shape index (κ3) is 3.76. The molecule has 0 radical (unpaired) electrons. The average molecular weight is 311 g/mol. The van der Waals surface area contributed by atoms with E-state index in [0.717, 1.165) is 25.7 Å². The maximum Gasteiger partial charge on any atom is 0.249 e. The highest BCUT2D eigenvalue weighted by atomic mass is 35.5. The van der Waals surface area contributed by atoms with Crippen molar-refractivity contribution < 1.29 is 9.53 Å².